The average molecular weight is 295 g/mol. The number of hydrogen-bond acceptors (Lipinski definition) is 5. The summed E-state index contributed by atoms with van der Waals surface area (Å²) < 4.78 is 3.71. The van der Waals surface area contributed by atoms with Crippen LogP contribution in [0.4, 0.5) is 0 Å². The first-order valence-electron chi connectivity index (χ1n) is 6.27. The average Bonchev–Trinajstić information content (AvgIpc) is 2.92. The molecule has 0 fully saturated rings. The van der Waals surface area contributed by atoms with Crippen molar-refractivity contribution in [1.29, 1.82) is 0 Å². The molecule has 0 saturated carbocycles. The molecular weight excluding hydrogens is 278 g/mol. The lowest BCUT2D eigenvalue weighted by Gasteiger charge is -2.07. The Morgan fingerprint density at radius 1 is 1.45 bits per heavy atom. The Balaban J connectivity index is 2.23. The van der Waals surface area contributed by atoms with Crippen molar-refractivity contribution >= 4 is 17.7 Å². The van der Waals surface area contributed by atoms with Crippen molar-refractivity contribution < 1.29 is 9.90 Å². The fourth-order valence-corrected chi connectivity index (χ4v) is 2.66. The fraction of sp³-hybridized carbons (Fsp3) is 0.500. The summed E-state index contributed by atoms with van der Waals surface area (Å²) in [6.45, 7) is 4.53. The van der Waals surface area contributed by atoms with E-state index < -0.39 is 5.97 Å². The smallest absolute Gasteiger partial charge is 0.313 e. The van der Waals surface area contributed by atoms with Crippen molar-refractivity contribution in [2.45, 2.75) is 32.0 Å². The van der Waals surface area contributed by atoms with Gasteiger partial charge in [0.2, 0.25) is 0 Å². The van der Waals surface area contributed by atoms with Gasteiger partial charge in [0.05, 0.1) is 18.0 Å². The Morgan fingerprint density at radius 3 is 2.85 bits per heavy atom. The van der Waals surface area contributed by atoms with E-state index in [-0.39, 0.29) is 5.75 Å². The van der Waals surface area contributed by atoms with Gasteiger partial charge in [-0.2, -0.15) is 5.10 Å². The molecule has 0 saturated heterocycles. The van der Waals surface area contributed by atoms with Crippen molar-refractivity contribution in [1.82, 2.24) is 24.5 Å². The molecule has 0 aromatic carbocycles. The maximum absolute atomic E-state index is 10.7. The van der Waals surface area contributed by atoms with Gasteiger partial charge >= 0.3 is 5.97 Å². The van der Waals surface area contributed by atoms with E-state index in [4.69, 9.17) is 5.11 Å². The van der Waals surface area contributed by atoms with Crippen LogP contribution in [0.15, 0.2) is 11.4 Å². The number of aliphatic carboxylic acids is 1. The first kappa shape index (κ1) is 14.6. The SMILES string of the molecule is CCc1nn(C)cc1Cn1c(C)nnc1SCC(=O)O. The van der Waals surface area contributed by atoms with Crippen LogP contribution in [0.25, 0.3) is 0 Å². The lowest BCUT2D eigenvalue weighted by Crippen LogP contribution is -2.07. The second kappa shape index (κ2) is 6.08. The minimum atomic E-state index is -0.863. The molecule has 7 nitrogen and oxygen atoms in total. The Bertz CT molecular complexity index is 619. The molecule has 8 heteroatoms. The van der Waals surface area contributed by atoms with Gasteiger partial charge in [0.1, 0.15) is 5.82 Å². The molecule has 0 unspecified atom stereocenters. The predicted molar refractivity (Wildman–Crippen MR) is 74.8 cm³/mol. The summed E-state index contributed by atoms with van der Waals surface area (Å²) in [5.74, 6) is -0.118. The molecule has 2 aromatic heterocycles. The van der Waals surface area contributed by atoms with Crippen molar-refractivity contribution in [2.75, 3.05) is 5.75 Å². The molecule has 2 aromatic rings. The van der Waals surface area contributed by atoms with Gasteiger partial charge in [-0.3, -0.25) is 9.48 Å². The highest BCUT2D eigenvalue weighted by Gasteiger charge is 2.14. The van der Waals surface area contributed by atoms with Crippen LogP contribution in [0.1, 0.15) is 24.0 Å². The molecule has 0 aliphatic carbocycles. The first-order valence-corrected chi connectivity index (χ1v) is 7.25. The molecule has 0 spiro atoms. The Morgan fingerprint density at radius 2 is 2.20 bits per heavy atom. The summed E-state index contributed by atoms with van der Waals surface area (Å²) in [4.78, 5) is 10.7. The quantitative estimate of drug-likeness (QED) is 0.803. The number of hydrogen-bond donors (Lipinski definition) is 1. The van der Waals surface area contributed by atoms with E-state index in [0.717, 1.165) is 23.5 Å². The Hall–Kier alpha value is -1.83. The van der Waals surface area contributed by atoms with Crippen molar-refractivity contribution in [2.24, 2.45) is 7.05 Å². The molecule has 2 rings (SSSR count). The van der Waals surface area contributed by atoms with E-state index in [9.17, 15) is 4.79 Å². The van der Waals surface area contributed by atoms with Gasteiger partial charge in [-0.05, 0) is 13.3 Å². The van der Waals surface area contributed by atoms with Crippen LogP contribution in [-0.4, -0.2) is 41.4 Å². The third kappa shape index (κ3) is 3.19. The molecule has 0 aliphatic rings. The Labute approximate surface area is 121 Å². The molecule has 0 atom stereocenters. The standard InChI is InChI=1S/C12H17N5O2S/c1-4-10-9(5-16(3)15-10)6-17-8(2)13-14-12(17)20-7-11(18)19/h5H,4,6-7H2,1-3H3,(H,18,19). The molecule has 108 valence electrons. The number of carbonyl (C=O) groups is 1. The van der Waals surface area contributed by atoms with Gasteiger partial charge in [-0.15, -0.1) is 10.2 Å². The van der Waals surface area contributed by atoms with E-state index in [1.165, 1.54) is 11.8 Å². The summed E-state index contributed by atoms with van der Waals surface area (Å²) in [6, 6.07) is 0. The second-order valence-electron chi connectivity index (χ2n) is 4.43. The van der Waals surface area contributed by atoms with Gasteiger partial charge < -0.3 is 9.67 Å². The summed E-state index contributed by atoms with van der Waals surface area (Å²) in [7, 11) is 1.89. The number of nitrogens with zero attached hydrogens (tertiary/aromatic N) is 5. The first-order chi connectivity index (χ1) is 9.51. The number of carboxylic acids is 1. The highest BCUT2D eigenvalue weighted by atomic mass is 32.2. The lowest BCUT2D eigenvalue weighted by atomic mass is 10.2. The van der Waals surface area contributed by atoms with E-state index in [1.54, 1.807) is 4.68 Å². The van der Waals surface area contributed by atoms with Gasteiger partial charge in [0.25, 0.3) is 0 Å². The van der Waals surface area contributed by atoms with Crippen molar-refractivity contribution in [3.63, 3.8) is 0 Å². The normalized spacial score (nSPS) is 10.9. The predicted octanol–water partition coefficient (Wildman–Crippen LogP) is 1.11. The lowest BCUT2D eigenvalue weighted by molar-refractivity contribution is -0.133. The van der Waals surface area contributed by atoms with E-state index in [2.05, 4.69) is 22.2 Å². The minimum Gasteiger partial charge on any atom is -0.481 e. The van der Waals surface area contributed by atoms with Crippen LogP contribution in [0.2, 0.25) is 0 Å². The molecule has 0 radical (unpaired) electrons. The zero-order valence-electron chi connectivity index (χ0n) is 11.7. The third-order valence-electron chi connectivity index (χ3n) is 2.88. The molecular formula is C12H17N5O2S. The zero-order chi connectivity index (χ0) is 14.7. The number of thioether (sulfide) groups is 1. The molecule has 0 bridgehead atoms. The fourth-order valence-electron chi connectivity index (χ4n) is 1.96. The number of carboxylic acid groups (broad SMARTS) is 1. The minimum absolute atomic E-state index is 0.0220. The van der Waals surface area contributed by atoms with Crippen LogP contribution in [-0.2, 0) is 24.8 Å². The summed E-state index contributed by atoms with van der Waals surface area (Å²) in [5, 5.41) is 21.8. The molecule has 1 N–H and O–H groups in total. The van der Waals surface area contributed by atoms with Gasteiger partial charge in [0.15, 0.2) is 5.16 Å². The summed E-state index contributed by atoms with van der Waals surface area (Å²) in [6.07, 6.45) is 2.83. The monoisotopic (exact) mass is 295 g/mol. The molecule has 0 aliphatic heterocycles. The summed E-state index contributed by atoms with van der Waals surface area (Å²) in [5.41, 5.74) is 2.14. The van der Waals surface area contributed by atoms with Gasteiger partial charge in [0, 0.05) is 18.8 Å². The van der Waals surface area contributed by atoms with Crippen LogP contribution in [0.3, 0.4) is 0 Å². The third-order valence-corrected chi connectivity index (χ3v) is 3.83. The van der Waals surface area contributed by atoms with Crippen LogP contribution in [0.5, 0.6) is 0 Å². The maximum atomic E-state index is 10.7. The highest BCUT2D eigenvalue weighted by Crippen LogP contribution is 2.19. The van der Waals surface area contributed by atoms with Crippen LogP contribution < -0.4 is 0 Å². The van der Waals surface area contributed by atoms with Gasteiger partial charge in [-0.25, -0.2) is 0 Å². The van der Waals surface area contributed by atoms with E-state index in [0.29, 0.717) is 11.7 Å². The Kier molecular flexibility index (Phi) is 4.43. The van der Waals surface area contributed by atoms with Gasteiger partial charge in [-0.1, -0.05) is 18.7 Å². The van der Waals surface area contributed by atoms with Crippen molar-refractivity contribution in [3.05, 3.63) is 23.3 Å². The van der Waals surface area contributed by atoms with Crippen LogP contribution >= 0.6 is 11.8 Å². The molecule has 20 heavy (non-hydrogen) atoms. The second-order valence-corrected chi connectivity index (χ2v) is 5.37. The van der Waals surface area contributed by atoms with Crippen molar-refractivity contribution in [3.8, 4) is 0 Å². The van der Waals surface area contributed by atoms with E-state index in [1.807, 2.05) is 24.7 Å². The molecule has 2 heterocycles. The van der Waals surface area contributed by atoms with Crippen LogP contribution in [0, 0.1) is 6.92 Å². The largest absolute Gasteiger partial charge is 0.481 e. The number of aryl methyl sites for hydroxylation is 3. The van der Waals surface area contributed by atoms with E-state index >= 15 is 0 Å². The topological polar surface area (TPSA) is 85.8 Å². The molecule has 0 amide bonds. The summed E-state index contributed by atoms with van der Waals surface area (Å²) >= 11 is 1.18. The zero-order valence-corrected chi connectivity index (χ0v) is 12.5. The number of aromatic nitrogens is 5. The number of rotatable bonds is 6. The highest BCUT2D eigenvalue weighted by molar-refractivity contribution is 7.99. The maximum Gasteiger partial charge on any atom is 0.313 e.